The summed E-state index contributed by atoms with van der Waals surface area (Å²) < 4.78 is 3.65. The summed E-state index contributed by atoms with van der Waals surface area (Å²) in [5.74, 6) is -0.180. The largest absolute Gasteiger partial charge is 0.351 e. The fourth-order valence-electron chi connectivity index (χ4n) is 4.49. The predicted octanol–water partition coefficient (Wildman–Crippen LogP) is 4.33. The van der Waals surface area contributed by atoms with Gasteiger partial charge in [0.25, 0.3) is 11.8 Å². The van der Waals surface area contributed by atoms with Gasteiger partial charge in [0.2, 0.25) is 0 Å². The van der Waals surface area contributed by atoms with Crippen LogP contribution >= 0.6 is 0 Å². The predicted molar refractivity (Wildman–Crippen MR) is 141 cm³/mol. The molecule has 0 saturated carbocycles. The highest BCUT2D eigenvalue weighted by Crippen LogP contribution is 2.18. The Bertz CT molecular complexity index is 1340. The van der Waals surface area contributed by atoms with Crippen molar-refractivity contribution in [3.8, 4) is 5.69 Å². The molecule has 7 nitrogen and oxygen atoms in total. The van der Waals surface area contributed by atoms with E-state index in [0.29, 0.717) is 30.6 Å². The quantitative estimate of drug-likeness (QED) is 0.385. The van der Waals surface area contributed by atoms with Crippen molar-refractivity contribution in [2.24, 2.45) is 7.05 Å². The third-order valence-corrected chi connectivity index (χ3v) is 6.47. The van der Waals surface area contributed by atoms with Crippen molar-refractivity contribution in [3.63, 3.8) is 0 Å². The topological polar surface area (TPSA) is 72.2 Å². The number of nitrogens with one attached hydrogen (secondary N) is 1. The van der Waals surface area contributed by atoms with E-state index in [1.165, 1.54) is 0 Å². The van der Waals surface area contributed by atoms with Gasteiger partial charge in [0, 0.05) is 44.1 Å². The molecule has 0 bridgehead atoms. The molecule has 0 aliphatic heterocycles. The van der Waals surface area contributed by atoms with Crippen LogP contribution in [0.15, 0.2) is 79.0 Å². The summed E-state index contributed by atoms with van der Waals surface area (Å²) in [7, 11) is 3.69. The van der Waals surface area contributed by atoms with Gasteiger partial charge in [-0.1, -0.05) is 36.4 Å². The Hall–Kier alpha value is -4.13. The molecule has 0 radical (unpaired) electrons. The normalized spacial score (nSPS) is 11.8. The molecule has 0 saturated heterocycles. The lowest BCUT2D eigenvalue weighted by Gasteiger charge is -2.29. The first-order valence-electron chi connectivity index (χ1n) is 12.2. The molecule has 0 unspecified atom stereocenters. The zero-order valence-electron chi connectivity index (χ0n) is 21.3. The number of amides is 2. The summed E-state index contributed by atoms with van der Waals surface area (Å²) in [5.41, 5.74) is 5.16. The van der Waals surface area contributed by atoms with Gasteiger partial charge in [0.1, 0.15) is 5.69 Å². The van der Waals surface area contributed by atoms with Gasteiger partial charge in [0.15, 0.2) is 0 Å². The molecule has 7 heteroatoms. The van der Waals surface area contributed by atoms with Crippen LogP contribution in [0, 0.1) is 13.8 Å². The number of likely N-dealkylation sites (N-methyl/N-ethyl adjacent to an activating group) is 1. The van der Waals surface area contributed by atoms with Crippen LogP contribution in [0.4, 0.5) is 0 Å². The number of carbonyl (C=O) groups is 2. The molecular formula is C29H33N5O2. The molecule has 1 atom stereocenters. The monoisotopic (exact) mass is 483 g/mol. The minimum absolute atomic E-state index is 0.0620. The number of hydrogen-bond donors (Lipinski definition) is 1. The first kappa shape index (κ1) is 25.0. The Morgan fingerprint density at radius 3 is 2.44 bits per heavy atom. The zero-order chi connectivity index (χ0) is 25.7. The van der Waals surface area contributed by atoms with E-state index in [4.69, 9.17) is 0 Å². The van der Waals surface area contributed by atoms with Gasteiger partial charge in [-0.05, 0) is 68.7 Å². The van der Waals surface area contributed by atoms with E-state index in [1.54, 1.807) is 15.5 Å². The van der Waals surface area contributed by atoms with E-state index in [0.717, 1.165) is 22.6 Å². The smallest absolute Gasteiger partial charge is 0.267 e. The second-order valence-corrected chi connectivity index (χ2v) is 9.20. The van der Waals surface area contributed by atoms with Crippen LogP contribution in [0.3, 0.4) is 0 Å². The molecule has 0 aliphatic carbocycles. The number of rotatable bonds is 9. The average molecular weight is 484 g/mol. The molecule has 2 aromatic heterocycles. The van der Waals surface area contributed by atoms with Crippen LogP contribution < -0.4 is 5.32 Å². The van der Waals surface area contributed by atoms with E-state index in [2.05, 4.69) is 22.5 Å². The Kier molecular flexibility index (Phi) is 7.68. The van der Waals surface area contributed by atoms with Crippen molar-refractivity contribution in [2.75, 3.05) is 13.6 Å². The number of carbonyl (C=O) groups excluding carboxylic acids is 2. The highest BCUT2D eigenvalue weighted by atomic mass is 16.2. The molecule has 4 aromatic rings. The van der Waals surface area contributed by atoms with E-state index in [-0.39, 0.29) is 17.9 Å². The van der Waals surface area contributed by atoms with Crippen molar-refractivity contribution >= 4 is 11.8 Å². The number of hydrogen-bond acceptors (Lipinski definition) is 3. The summed E-state index contributed by atoms with van der Waals surface area (Å²) in [4.78, 5) is 27.9. The van der Waals surface area contributed by atoms with Crippen molar-refractivity contribution in [2.45, 2.75) is 32.7 Å². The lowest BCUT2D eigenvalue weighted by molar-refractivity contribution is 0.0722. The molecule has 36 heavy (non-hydrogen) atoms. The molecule has 1 N–H and O–H groups in total. The van der Waals surface area contributed by atoms with Crippen molar-refractivity contribution in [3.05, 3.63) is 107 Å². The maximum absolute atomic E-state index is 13.6. The fourth-order valence-corrected chi connectivity index (χ4v) is 4.49. The van der Waals surface area contributed by atoms with Crippen LogP contribution in [0.5, 0.6) is 0 Å². The second-order valence-electron chi connectivity index (χ2n) is 9.20. The van der Waals surface area contributed by atoms with Gasteiger partial charge in [-0.25, -0.2) is 4.68 Å². The highest BCUT2D eigenvalue weighted by Gasteiger charge is 2.22. The van der Waals surface area contributed by atoms with Gasteiger partial charge >= 0.3 is 0 Å². The standard InChI is InChI=1S/C29H33N5O2/c1-21-18-22(2)34(31-21)26-13-8-12-24(20-26)29(36)33(4)25(19-23-10-6-5-7-11-23)15-16-30-28(35)27-14-9-17-32(27)3/h5-14,17-18,20,25H,15-16,19H2,1-4H3,(H,30,35)/t25-/m1/s1. The van der Waals surface area contributed by atoms with E-state index in [1.807, 2.05) is 93.4 Å². The fraction of sp³-hybridized carbons (Fsp3) is 0.276. The Morgan fingerprint density at radius 1 is 1.00 bits per heavy atom. The molecule has 2 heterocycles. The van der Waals surface area contributed by atoms with Crippen molar-refractivity contribution < 1.29 is 9.59 Å². The van der Waals surface area contributed by atoms with Crippen LogP contribution in [0.2, 0.25) is 0 Å². The summed E-state index contributed by atoms with van der Waals surface area (Å²) in [6.07, 6.45) is 3.17. The average Bonchev–Trinajstić information content (AvgIpc) is 3.47. The van der Waals surface area contributed by atoms with E-state index < -0.39 is 0 Å². The van der Waals surface area contributed by atoms with E-state index >= 15 is 0 Å². The number of aromatic nitrogens is 3. The van der Waals surface area contributed by atoms with Gasteiger partial charge in [-0.3, -0.25) is 9.59 Å². The van der Waals surface area contributed by atoms with Crippen LogP contribution in [-0.4, -0.2) is 50.7 Å². The van der Waals surface area contributed by atoms with E-state index in [9.17, 15) is 9.59 Å². The maximum Gasteiger partial charge on any atom is 0.267 e. The highest BCUT2D eigenvalue weighted by molar-refractivity contribution is 5.95. The first-order chi connectivity index (χ1) is 17.3. The lowest BCUT2D eigenvalue weighted by Crippen LogP contribution is -2.41. The molecule has 0 aliphatic rings. The van der Waals surface area contributed by atoms with Crippen molar-refractivity contribution in [1.82, 2.24) is 24.6 Å². The van der Waals surface area contributed by atoms with Gasteiger partial charge in [-0.2, -0.15) is 5.10 Å². The summed E-state index contributed by atoms with van der Waals surface area (Å²) in [6, 6.07) is 23.3. The maximum atomic E-state index is 13.6. The van der Waals surface area contributed by atoms with Crippen LogP contribution in [0.25, 0.3) is 5.69 Å². The lowest BCUT2D eigenvalue weighted by atomic mass is 10.0. The van der Waals surface area contributed by atoms with Crippen LogP contribution in [0.1, 0.15) is 44.2 Å². The summed E-state index contributed by atoms with van der Waals surface area (Å²) >= 11 is 0. The third kappa shape index (κ3) is 5.74. The second kappa shape index (κ2) is 11.1. The zero-order valence-corrected chi connectivity index (χ0v) is 21.3. The SMILES string of the molecule is Cc1cc(C)n(-c2cccc(C(=O)N(C)[C@H](CCNC(=O)c3cccn3C)Cc3ccccc3)c2)n1. The molecular weight excluding hydrogens is 450 g/mol. The number of benzene rings is 2. The summed E-state index contributed by atoms with van der Waals surface area (Å²) in [6.45, 7) is 4.42. The van der Waals surface area contributed by atoms with Gasteiger partial charge < -0.3 is 14.8 Å². The Balaban J connectivity index is 1.51. The molecule has 186 valence electrons. The minimum Gasteiger partial charge on any atom is -0.351 e. The molecule has 2 amide bonds. The number of nitrogens with zero attached hydrogens (tertiary/aromatic N) is 4. The van der Waals surface area contributed by atoms with Crippen LogP contribution in [-0.2, 0) is 13.5 Å². The summed E-state index contributed by atoms with van der Waals surface area (Å²) in [5, 5.41) is 7.56. The molecule has 0 fully saturated rings. The van der Waals surface area contributed by atoms with Gasteiger partial charge in [-0.15, -0.1) is 0 Å². The third-order valence-electron chi connectivity index (χ3n) is 6.47. The number of aryl methyl sites for hydroxylation is 3. The van der Waals surface area contributed by atoms with Crippen molar-refractivity contribution in [1.29, 1.82) is 0 Å². The molecule has 0 spiro atoms. The first-order valence-corrected chi connectivity index (χ1v) is 12.2. The molecule has 2 aromatic carbocycles. The van der Waals surface area contributed by atoms with Gasteiger partial charge in [0.05, 0.1) is 11.4 Å². The Morgan fingerprint density at radius 2 is 1.78 bits per heavy atom. The Labute approximate surface area is 212 Å². The molecule has 4 rings (SSSR count). The minimum atomic E-state index is -0.118.